The van der Waals surface area contributed by atoms with Crippen molar-refractivity contribution >= 4 is 28.8 Å². The summed E-state index contributed by atoms with van der Waals surface area (Å²) in [5.74, 6) is -0.341. The average Bonchev–Trinajstić information content (AvgIpc) is 3.05. The second-order valence-corrected chi connectivity index (χ2v) is 7.90. The van der Waals surface area contributed by atoms with Gasteiger partial charge < -0.3 is 4.90 Å². The Bertz CT molecular complexity index is 841. The van der Waals surface area contributed by atoms with Gasteiger partial charge in [-0.15, -0.1) is 11.3 Å². The maximum absolute atomic E-state index is 13.3. The lowest BCUT2D eigenvalue weighted by atomic mass is 10.1. The van der Waals surface area contributed by atoms with Gasteiger partial charge >= 0.3 is 0 Å². The molecule has 4 rings (SSSR count). The molecule has 24 heavy (non-hydrogen) atoms. The van der Waals surface area contributed by atoms with Crippen molar-refractivity contribution in [2.75, 3.05) is 24.2 Å². The minimum atomic E-state index is -0.341. The van der Waals surface area contributed by atoms with Crippen LogP contribution in [-0.2, 0) is 0 Å². The van der Waals surface area contributed by atoms with Crippen LogP contribution in [0.25, 0.3) is 21.0 Å². The van der Waals surface area contributed by atoms with Crippen LogP contribution in [0.1, 0.15) is 0 Å². The zero-order valence-corrected chi connectivity index (χ0v) is 14.8. The summed E-state index contributed by atoms with van der Waals surface area (Å²) in [6.45, 7) is 2.25. The Morgan fingerprint density at radius 1 is 1.12 bits per heavy atom. The van der Waals surface area contributed by atoms with Crippen molar-refractivity contribution in [3.63, 3.8) is 0 Å². The Morgan fingerprint density at radius 2 is 1.92 bits per heavy atom. The summed E-state index contributed by atoms with van der Waals surface area (Å²) in [6.07, 6.45) is 6.85. The lowest BCUT2D eigenvalue weighted by Crippen LogP contribution is -2.48. The minimum Gasteiger partial charge on any atom is -0.369 e. The van der Waals surface area contributed by atoms with Gasteiger partial charge in [-0.2, -0.15) is 11.8 Å². The first-order valence-corrected chi connectivity index (χ1v) is 9.78. The highest BCUT2D eigenvalue weighted by molar-refractivity contribution is 7.99. The Balaban J connectivity index is 1.52. The lowest BCUT2D eigenvalue weighted by molar-refractivity contribution is 0.622. The summed E-state index contributed by atoms with van der Waals surface area (Å²) in [4.78, 5) is 11.8. The van der Waals surface area contributed by atoms with E-state index in [1.807, 2.05) is 18.0 Å². The first-order chi connectivity index (χ1) is 11.7. The van der Waals surface area contributed by atoms with E-state index in [4.69, 9.17) is 0 Å². The molecular formula is C18H16FN3S2. The van der Waals surface area contributed by atoms with Crippen molar-refractivity contribution in [3.8, 4) is 21.0 Å². The van der Waals surface area contributed by atoms with E-state index in [0.29, 0.717) is 5.56 Å². The summed E-state index contributed by atoms with van der Waals surface area (Å²) < 4.78 is 13.3. The number of rotatable bonds is 4. The quantitative estimate of drug-likeness (QED) is 0.684. The van der Waals surface area contributed by atoms with Gasteiger partial charge in [0, 0.05) is 42.0 Å². The minimum absolute atomic E-state index is 0.341. The van der Waals surface area contributed by atoms with Gasteiger partial charge in [0.15, 0.2) is 0 Å². The van der Waals surface area contributed by atoms with Crippen molar-refractivity contribution in [3.05, 3.63) is 54.7 Å². The van der Waals surface area contributed by atoms with Gasteiger partial charge in [0.05, 0.1) is 11.1 Å². The fourth-order valence-electron chi connectivity index (χ4n) is 2.70. The van der Waals surface area contributed by atoms with Gasteiger partial charge in [-0.25, -0.2) is 9.37 Å². The van der Waals surface area contributed by atoms with E-state index in [1.54, 1.807) is 17.5 Å². The predicted octanol–water partition coefficient (Wildman–Crippen LogP) is 4.56. The van der Waals surface area contributed by atoms with Crippen molar-refractivity contribution in [2.24, 2.45) is 0 Å². The molecule has 1 fully saturated rings. The number of hydrogen-bond acceptors (Lipinski definition) is 5. The summed E-state index contributed by atoms with van der Waals surface area (Å²) >= 11 is 3.48. The average molecular weight is 357 g/mol. The van der Waals surface area contributed by atoms with Crippen molar-refractivity contribution < 1.29 is 4.39 Å². The van der Waals surface area contributed by atoms with Crippen LogP contribution in [0.5, 0.6) is 0 Å². The Morgan fingerprint density at radius 3 is 2.62 bits per heavy atom. The van der Waals surface area contributed by atoms with Crippen molar-refractivity contribution in [2.45, 2.75) is 5.25 Å². The molecule has 1 aliphatic heterocycles. The van der Waals surface area contributed by atoms with E-state index < -0.39 is 0 Å². The molecule has 1 aliphatic rings. The predicted molar refractivity (Wildman–Crippen MR) is 100 cm³/mol. The molecule has 0 saturated carbocycles. The molecule has 0 aliphatic carbocycles. The number of aromatic nitrogens is 2. The molecule has 0 radical (unpaired) electrons. The molecule has 0 N–H and O–H groups in total. The molecule has 122 valence electrons. The summed E-state index contributed by atoms with van der Waals surface area (Å²) in [6, 6.07) is 10.0. The first kappa shape index (κ1) is 15.6. The summed E-state index contributed by atoms with van der Waals surface area (Å²) in [7, 11) is 0. The lowest BCUT2D eigenvalue weighted by Gasteiger charge is -2.40. The third kappa shape index (κ3) is 3.03. The number of halogens is 1. The van der Waals surface area contributed by atoms with Crippen LogP contribution in [-0.4, -0.2) is 34.6 Å². The maximum atomic E-state index is 13.3. The first-order valence-electron chi connectivity index (χ1n) is 7.68. The molecule has 6 heteroatoms. The molecule has 1 aromatic carbocycles. The monoisotopic (exact) mass is 357 g/mol. The fraction of sp³-hybridized carbons (Fsp3) is 0.222. The Kier molecular flexibility index (Phi) is 4.24. The van der Waals surface area contributed by atoms with Gasteiger partial charge in [0.25, 0.3) is 0 Å². The van der Waals surface area contributed by atoms with Crippen LogP contribution in [0, 0.1) is 5.82 Å². The van der Waals surface area contributed by atoms with E-state index in [2.05, 4.69) is 45.4 Å². The molecular weight excluding hydrogens is 341 g/mol. The summed E-state index contributed by atoms with van der Waals surface area (Å²) in [5, 5.41) is 1.54. The SMILES string of the molecule is CSC1CN(c2ccc(-c3cnc(-c4cncc(F)c4)s3)cc2)C1. The van der Waals surface area contributed by atoms with E-state index in [1.165, 1.54) is 18.0 Å². The highest BCUT2D eigenvalue weighted by Gasteiger charge is 2.25. The van der Waals surface area contributed by atoms with Crippen molar-refractivity contribution in [1.82, 2.24) is 9.97 Å². The highest BCUT2D eigenvalue weighted by Crippen LogP contribution is 2.34. The normalized spacial score (nSPS) is 14.7. The third-order valence-electron chi connectivity index (χ3n) is 4.16. The zero-order chi connectivity index (χ0) is 16.5. The van der Waals surface area contributed by atoms with Gasteiger partial charge in [0.2, 0.25) is 0 Å². The Hall–Kier alpha value is -1.92. The van der Waals surface area contributed by atoms with Gasteiger partial charge in [-0.3, -0.25) is 4.98 Å². The molecule has 0 amide bonds. The number of thiazole rings is 1. The number of nitrogens with zero attached hydrogens (tertiary/aromatic N) is 3. The van der Waals surface area contributed by atoms with Crippen LogP contribution in [0.15, 0.2) is 48.9 Å². The largest absolute Gasteiger partial charge is 0.369 e. The molecule has 0 atom stereocenters. The second kappa shape index (κ2) is 6.53. The highest BCUT2D eigenvalue weighted by atomic mass is 32.2. The number of pyridine rings is 1. The van der Waals surface area contributed by atoms with Crippen LogP contribution < -0.4 is 4.90 Å². The van der Waals surface area contributed by atoms with Crippen LogP contribution >= 0.6 is 23.1 Å². The number of thioether (sulfide) groups is 1. The molecule has 2 aromatic heterocycles. The third-order valence-corrected chi connectivity index (χ3v) is 6.22. The topological polar surface area (TPSA) is 29.0 Å². The maximum Gasteiger partial charge on any atom is 0.142 e. The molecule has 3 heterocycles. The fourth-order valence-corrected chi connectivity index (χ4v) is 4.26. The molecule has 1 saturated heterocycles. The van der Waals surface area contributed by atoms with E-state index >= 15 is 0 Å². The van der Waals surface area contributed by atoms with Crippen LogP contribution in [0.4, 0.5) is 10.1 Å². The molecule has 0 bridgehead atoms. The molecule has 0 spiro atoms. The van der Waals surface area contributed by atoms with E-state index in [-0.39, 0.29) is 5.82 Å². The molecule has 3 aromatic rings. The van der Waals surface area contributed by atoms with Crippen LogP contribution in [0.3, 0.4) is 0 Å². The van der Waals surface area contributed by atoms with Gasteiger partial charge in [0.1, 0.15) is 10.8 Å². The number of benzene rings is 1. The van der Waals surface area contributed by atoms with E-state index in [0.717, 1.165) is 33.8 Å². The summed E-state index contributed by atoms with van der Waals surface area (Å²) in [5.41, 5.74) is 3.11. The van der Waals surface area contributed by atoms with Crippen molar-refractivity contribution in [1.29, 1.82) is 0 Å². The number of hydrogen-bond donors (Lipinski definition) is 0. The molecule has 3 nitrogen and oxygen atoms in total. The van der Waals surface area contributed by atoms with E-state index in [9.17, 15) is 4.39 Å². The smallest absolute Gasteiger partial charge is 0.142 e. The second-order valence-electron chi connectivity index (χ2n) is 5.73. The van der Waals surface area contributed by atoms with Gasteiger partial charge in [-0.1, -0.05) is 12.1 Å². The van der Waals surface area contributed by atoms with Crippen LogP contribution in [0.2, 0.25) is 0 Å². The standard InChI is InChI=1S/C18H16FN3S2/c1-23-16-10-22(11-16)15-4-2-12(3-5-15)17-9-21-18(24-17)13-6-14(19)8-20-7-13/h2-9,16H,10-11H2,1H3. The number of anilines is 1. The Labute approximate surface area is 148 Å². The van der Waals surface area contributed by atoms with Gasteiger partial charge in [-0.05, 0) is 30.0 Å². The molecule has 0 unspecified atom stereocenters. The zero-order valence-electron chi connectivity index (χ0n) is 13.1.